The molecule has 0 saturated carbocycles. The van der Waals surface area contributed by atoms with Crippen molar-refractivity contribution in [1.29, 1.82) is 0 Å². The Kier molecular flexibility index (Phi) is 1.75. The predicted octanol–water partition coefficient (Wildman–Crippen LogP) is 3.02. The van der Waals surface area contributed by atoms with Gasteiger partial charge in [-0.15, -0.1) is 0 Å². The van der Waals surface area contributed by atoms with Gasteiger partial charge in [-0.1, -0.05) is 42.1 Å². The van der Waals surface area contributed by atoms with Crippen LogP contribution in [0.4, 0.5) is 5.69 Å². The zero-order valence-electron chi connectivity index (χ0n) is 8.32. The Morgan fingerprint density at radius 2 is 2.00 bits per heavy atom. The molecule has 0 amide bonds. The van der Waals surface area contributed by atoms with Crippen molar-refractivity contribution in [2.75, 3.05) is 5.32 Å². The molecule has 0 spiro atoms. The monoisotopic (exact) mass is 217 g/mol. The molecule has 3 rings (SSSR count). The van der Waals surface area contributed by atoms with Crippen molar-refractivity contribution < 1.29 is 5.11 Å². The van der Waals surface area contributed by atoms with E-state index in [4.69, 9.17) is 0 Å². The van der Waals surface area contributed by atoms with Crippen LogP contribution in [0.5, 0.6) is 0 Å². The first kappa shape index (κ1) is 9.07. The molecule has 3 heteroatoms. The number of thioether (sulfide) groups is 1. The smallest absolute Gasteiger partial charge is 0.186 e. The van der Waals surface area contributed by atoms with E-state index >= 15 is 0 Å². The molecule has 1 atom stereocenters. The van der Waals surface area contributed by atoms with Crippen molar-refractivity contribution in [3.8, 4) is 0 Å². The number of hydrogen-bond acceptors (Lipinski definition) is 3. The first-order chi connectivity index (χ1) is 7.16. The number of hydrogen-bond donors (Lipinski definition) is 2. The fourth-order valence-corrected chi connectivity index (χ4v) is 3.01. The number of fused-ring (bicyclic) bond motifs is 3. The third kappa shape index (κ3) is 1.39. The molecule has 1 heterocycles. The largest absolute Gasteiger partial charge is 0.362 e. The Morgan fingerprint density at radius 1 is 1.20 bits per heavy atom. The average molecular weight is 217 g/mol. The van der Waals surface area contributed by atoms with E-state index in [0.29, 0.717) is 0 Å². The van der Waals surface area contributed by atoms with E-state index in [-0.39, 0.29) is 0 Å². The van der Waals surface area contributed by atoms with Gasteiger partial charge in [0.05, 0.1) is 5.69 Å². The van der Waals surface area contributed by atoms with Gasteiger partial charge in [-0.25, -0.2) is 0 Å². The molecule has 2 aromatic rings. The van der Waals surface area contributed by atoms with Gasteiger partial charge in [0, 0.05) is 4.90 Å². The van der Waals surface area contributed by atoms with Crippen LogP contribution in [0.25, 0.3) is 10.8 Å². The maximum atomic E-state index is 9.93. The van der Waals surface area contributed by atoms with Gasteiger partial charge in [-0.2, -0.15) is 0 Å². The van der Waals surface area contributed by atoms with Crippen LogP contribution in [-0.4, -0.2) is 10.2 Å². The molecule has 2 nitrogen and oxygen atoms in total. The maximum absolute atomic E-state index is 9.93. The summed E-state index contributed by atoms with van der Waals surface area (Å²) >= 11 is 1.47. The molecular weight excluding hydrogens is 206 g/mol. The summed E-state index contributed by atoms with van der Waals surface area (Å²) in [6, 6.07) is 12.3. The highest BCUT2D eigenvalue weighted by molar-refractivity contribution is 8.01. The summed E-state index contributed by atoms with van der Waals surface area (Å²) in [4.78, 5) is 1.14. The number of rotatable bonds is 0. The first-order valence-electron chi connectivity index (χ1n) is 4.87. The van der Waals surface area contributed by atoms with Gasteiger partial charge in [0.15, 0.2) is 5.06 Å². The van der Waals surface area contributed by atoms with Crippen LogP contribution < -0.4 is 5.32 Å². The number of benzene rings is 2. The van der Waals surface area contributed by atoms with Crippen LogP contribution in [0.1, 0.15) is 6.92 Å². The van der Waals surface area contributed by atoms with Crippen molar-refractivity contribution >= 4 is 28.2 Å². The third-order valence-corrected chi connectivity index (χ3v) is 3.69. The fraction of sp³-hybridized carbons (Fsp3) is 0.167. The Balaban J connectivity index is 2.29. The van der Waals surface area contributed by atoms with Crippen molar-refractivity contribution in [2.24, 2.45) is 0 Å². The van der Waals surface area contributed by atoms with Gasteiger partial charge < -0.3 is 10.4 Å². The Bertz CT molecular complexity index is 536. The Hall–Kier alpha value is -1.19. The number of nitrogens with one attached hydrogen (secondary N) is 1. The van der Waals surface area contributed by atoms with E-state index in [1.165, 1.54) is 22.5 Å². The quantitative estimate of drug-likeness (QED) is 0.711. The lowest BCUT2D eigenvalue weighted by molar-refractivity contribution is 0.191. The lowest BCUT2D eigenvalue weighted by atomic mass is 10.1. The van der Waals surface area contributed by atoms with E-state index in [1.807, 2.05) is 18.2 Å². The SMILES string of the molecule is CC1(O)Nc2ccc3ccccc3c2S1. The third-order valence-electron chi connectivity index (χ3n) is 2.55. The van der Waals surface area contributed by atoms with Gasteiger partial charge in [0.2, 0.25) is 0 Å². The van der Waals surface area contributed by atoms with E-state index in [1.54, 1.807) is 6.92 Å². The van der Waals surface area contributed by atoms with Gasteiger partial charge in [-0.05, 0) is 23.8 Å². The topological polar surface area (TPSA) is 32.3 Å². The molecule has 15 heavy (non-hydrogen) atoms. The minimum Gasteiger partial charge on any atom is -0.362 e. The molecule has 2 N–H and O–H groups in total. The number of aliphatic hydroxyl groups is 1. The molecule has 0 radical (unpaired) electrons. The Labute approximate surface area is 92.3 Å². The predicted molar refractivity (Wildman–Crippen MR) is 64.1 cm³/mol. The summed E-state index contributed by atoms with van der Waals surface area (Å²) in [5, 5.41) is 14.5. The summed E-state index contributed by atoms with van der Waals surface area (Å²) in [5.74, 6) is 0. The maximum Gasteiger partial charge on any atom is 0.186 e. The van der Waals surface area contributed by atoms with Crippen molar-refractivity contribution in [2.45, 2.75) is 16.9 Å². The molecule has 2 aromatic carbocycles. The highest BCUT2D eigenvalue weighted by Crippen LogP contribution is 2.47. The second kappa shape index (κ2) is 2.90. The standard InChI is InChI=1S/C12H11NOS/c1-12(14)13-10-7-6-8-4-2-3-5-9(8)11(10)15-12/h2-7,13-14H,1H3. The first-order valence-corrected chi connectivity index (χ1v) is 5.69. The minimum absolute atomic E-state index is 0.882. The van der Waals surface area contributed by atoms with Crippen LogP contribution in [0, 0.1) is 0 Å². The zero-order chi connectivity index (χ0) is 10.5. The van der Waals surface area contributed by atoms with Gasteiger partial charge in [0.25, 0.3) is 0 Å². The van der Waals surface area contributed by atoms with E-state index in [2.05, 4.69) is 23.5 Å². The molecule has 1 aliphatic rings. The van der Waals surface area contributed by atoms with Gasteiger partial charge >= 0.3 is 0 Å². The molecular formula is C12H11NOS. The summed E-state index contributed by atoms with van der Waals surface area (Å²) in [6.07, 6.45) is 0. The van der Waals surface area contributed by atoms with Crippen LogP contribution >= 0.6 is 11.8 Å². The second-order valence-corrected chi connectivity index (χ2v) is 5.28. The molecule has 0 saturated heterocycles. The molecule has 1 aliphatic heterocycles. The Morgan fingerprint density at radius 3 is 2.87 bits per heavy atom. The lowest BCUT2D eigenvalue weighted by Gasteiger charge is -2.14. The highest BCUT2D eigenvalue weighted by atomic mass is 32.2. The van der Waals surface area contributed by atoms with E-state index in [0.717, 1.165) is 10.6 Å². The normalized spacial score (nSPS) is 23.9. The lowest BCUT2D eigenvalue weighted by Crippen LogP contribution is -2.25. The summed E-state index contributed by atoms with van der Waals surface area (Å²) in [6.45, 7) is 1.77. The van der Waals surface area contributed by atoms with Gasteiger partial charge in [-0.3, -0.25) is 0 Å². The molecule has 1 unspecified atom stereocenters. The van der Waals surface area contributed by atoms with Crippen molar-refractivity contribution in [3.05, 3.63) is 36.4 Å². The summed E-state index contributed by atoms with van der Waals surface area (Å²) in [7, 11) is 0. The average Bonchev–Trinajstić information content (AvgIpc) is 2.52. The van der Waals surface area contributed by atoms with Crippen molar-refractivity contribution in [3.63, 3.8) is 0 Å². The fourth-order valence-electron chi connectivity index (χ4n) is 1.93. The van der Waals surface area contributed by atoms with Crippen LogP contribution in [0.15, 0.2) is 41.3 Å². The van der Waals surface area contributed by atoms with E-state index < -0.39 is 5.06 Å². The number of anilines is 1. The second-order valence-electron chi connectivity index (χ2n) is 3.87. The van der Waals surface area contributed by atoms with Crippen LogP contribution in [0.3, 0.4) is 0 Å². The molecule has 0 bridgehead atoms. The molecule has 0 fully saturated rings. The van der Waals surface area contributed by atoms with Crippen LogP contribution in [0.2, 0.25) is 0 Å². The molecule has 76 valence electrons. The zero-order valence-corrected chi connectivity index (χ0v) is 9.14. The van der Waals surface area contributed by atoms with Crippen LogP contribution in [-0.2, 0) is 0 Å². The van der Waals surface area contributed by atoms with E-state index in [9.17, 15) is 5.11 Å². The highest BCUT2D eigenvalue weighted by Gasteiger charge is 2.31. The van der Waals surface area contributed by atoms with Crippen molar-refractivity contribution in [1.82, 2.24) is 0 Å². The molecule has 0 aliphatic carbocycles. The molecule has 0 aromatic heterocycles. The van der Waals surface area contributed by atoms with Gasteiger partial charge in [0.1, 0.15) is 0 Å². The summed E-state index contributed by atoms with van der Waals surface area (Å²) < 4.78 is 0. The minimum atomic E-state index is -0.882. The summed E-state index contributed by atoms with van der Waals surface area (Å²) in [5.41, 5.74) is 1.02.